The van der Waals surface area contributed by atoms with E-state index in [1.165, 1.54) is 12.2 Å². The van der Waals surface area contributed by atoms with Crippen LogP contribution in [0.3, 0.4) is 0 Å². The van der Waals surface area contributed by atoms with E-state index in [1.54, 1.807) is 14.2 Å². The summed E-state index contributed by atoms with van der Waals surface area (Å²) in [6.45, 7) is 0.381. The summed E-state index contributed by atoms with van der Waals surface area (Å²) in [6.07, 6.45) is 0.638. The van der Waals surface area contributed by atoms with Crippen molar-refractivity contribution in [2.24, 2.45) is 5.92 Å². The Morgan fingerprint density at radius 2 is 2.22 bits per heavy atom. The molecule has 1 aromatic rings. The first-order valence-electron chi connectivity index (χ1n) is 5.77. The first-order chi connectivity index (χ1) is 8.65. The highest BCUT2D eigenvalue weighted by Gasteiger charge is 2.28. The molecule has 5 nitrogen and oxygen atoms in total. The lowest BCUT2D eigenvalue weighted by molar-refractivity contribution is -0.174. The van der Waals surface area contributed by atoms with Gasteiger partial charge in [0.2, 0.25) is 0 Å². The van der Waals surface area contributed by atoms with Crippen molar-refractivity contribution < 1.29 is 19.1 Å². The molecule has 0 fully saturated rings. The quantitative estimate of drug-likeness (QED) is 0.759. The van der Waals surface area contributed by atoms with Crippen molar-refractivity contribution in [2.45, 2.75) is 6.42 Å². The number of hydrogen-bond donors (Lipinski definition) is 0. The predicted octanol–water partition coefficient (Wildman–Crippen LogP) is 1.27. The minimum Gasteiger partial charge on any atom is -0.497 e. The molecule has 0 aliphatic carbocycles. The lowest BCUT2D eigenvalue weighted by Crippen LogP contribution is -2.38. The van der Waals surface area contributed by atoms with E-state index in [2.05, 4.69) is 0 Å². The zero-order chi connectivity index (χ0) is 13.1. The van der Waals surface area contributed by atoms with Gasteiger partial charge in [-0.3, -0.25) is 9.63 Å². The average Bonchev–Trinajstić information content (AvgIpc) is 2.44. The third-order valence-corrected chi connectivity index (χ3v) is 3.11. The number of carbonyl (C=O) groups is 1. The summed E-state index contributed by atoms with van der Waals surface area (Å²) in [5, 5.41) is 1.24. The molecule has 0 radical (unpaired) electrons. The maximum atomic E-state index is 12.0. The fourth-order valence-corrected chi connectivity index (χ4v) is 2.00. The van der Waals surface area contributed by atoms with Crippen LogP contribution in [0.1, 0.15) is 5.56 Å². The minimum absolute atomic E-state index is 0.0778. The summed E-state index contributed by atoms with van der Waals surface area (Å²) >= 11 is 0. The Balaban J connectivity index is 2.15. The normalized spacial score (nSPS) is 17.6. The molecule has 0 saturated carbocycles. The molecule has 0 N–H and O–H groups in total. The van der Waals surface area contributed by atoms with Crippen LogP contribution in [-0.4, -0.2) is 38.8 Å². The van der Waals surface area contributed by atoms with Gasteiger partial charge in [-0.1, -0.05) is 0 Å². The van der Waals surface area contributed by atoms with E-state index in [9.17, 15) is 4.79 Å². The molecule has 0 spiro atoms. The highest BCUT2D eigenvalue weighted by Crippen LogP contribution is 2.31. The summed E-state index contributed by atoms with van der Waals surface area (Å²) in [5.41, 5.74) is 0.989. The third kappa shape index (κ3) is 2.41. The molecule has 1 aliphatic heterocycles. The van der Waals surface area contributed by atoms with E-state index in [-0.39, 0.29) is 11.8 Å². The molecule has 0 bridgehead atoms. The fraction of sp³-hybridized carbons (Fsp3) is 0.462. The van der Waals surface area contributed by atoms with Crippen molar-refractivity contribution >= 4 is 5.91 Å². The molecule has 1 amide bonds. The number of methoxy groups -OCH3 is 1. The van der Waals surface area contributed by atoms with Crippen molar-refractivity contribution in [2.75, 3.05) is 27.9 Å². The second-order valence-electron chi connectivity index (χ2n) is 4.20. The second-order valence-corrected chi connectivity index (χ2v) is 4.20. The van der Waals surface area contributed by atoms with Gasteiger partial charge in [-0.2, -0.15) is 0 Å². The van der Waals surface area contributed by atoms with Crippen molar-refractivity contribution in [1.82, 2.24) is 5.06 Å². The summed E-state index contributed by atoms with van der Waals surface area (Å²) in [5.74, 6) is 1.30. The SMILES string of the molecule is COc1ccc2c(c1)CC(C(=O)N(C)OC)CO2. The molecule has 1 unspecified atom stereocenters. The highest BCUT2D eigenvalue weighted by molar-refractivity contribution is 5.78. The Morgan fingerprint density at radius 1 is 1.44 bits per heavy atom. The second kappa shape index (κ2) is 5.27. The molecule has 5 heteroatoms. The van der Waals surface area contributed by atoms with Crippen LogP contribution < -0.4 is 9.47 Å². The highest BCUT2D eigenvalue weighted by atomic mass is 16.7. The minimum atomic E-state index is -0.213. The molecule has 0 saturated heterocycles. The average molecular weight is 251 g/mol. The van der Waals surface area contributed by atoms with E-state index in [0.29, 0.717) is 13.0 Å². The van der Waals surface area contributed by atoms with Gasteiger partial charge in [0, 0.05) is 7.05 Å². The van der Waals surface area contributed by atoms with Gasteiger partial charge in [-0.05, 0) is 30.2 Å². The van der Waals surface area contributed by atoms with E-state index in [4.69, 9.17) is 14.3 Å². The van der Waals surface area contributed by atoms with Crippen LogP contribution in [0.2, 0.25) is 0 Å². The van der Waals surface area contributed by atoms with Gasteiger partial charge in [0.15, 0.2) is 0 Å². The number of amides is 1. The van der Waals surface area contributed by atoms with Crippen molar-refractivity contribution in [3.63, 3.8) is 0 Å². The number of fused-ring (bicyclic) bond motifs is 1. The molecule has 1 atom stereocenters. The van der Waals surface area contributed by atoms with Gasteiger partial charge >= 0.3 is 0 Å². The Morgan fingerprint density at radius 3 is 2.89 bits per heavy atom. The van der Waals surface area contributed by atoms with Crippen LogP contribution in [0.15, 0.2) is 18.2 Å². The first kappa shape index (κ1) is 12.7. The number of carbonyl (C=O) groups excluding carboxylic acids is 1. The molecular weight excluding hydrogens is 234 g/mol. The maximum absolute atomic E-state index is 12.0. The van der Waals surface area contributed by atoms with Gasteiger partial charge in [0.1, 0.15) is 18.1 Å². The van der Waals surface area contributed by atoms with Crippen LogP contribution in [0, 0.1) is 5.92 Å². The number of rotatable bonds is 3. The Labute approximate surface area is 106 Å². The van der Waals surface area contributed by atoms with Crippen LogP contribution in [0.4, 0.5) is 0 Å². The lowest BCUT2D eigenvalue weighted by atomic mass is 9.96. The molecule has 0 aromatic heterocycles. The van der Waals surface area contributed by atoms with Crippen molar-refractivity contribution in [3.05, 3.63) is 23.8 Å². The number of benzene rings is 1. The topological polar surface area (TPSA) is 48.0 Å². The number of hydroxylamine groups is 2. The molecular formula is C13H17NO4. The number of hydrogen-bond acceptors (Lipinski definition) is 4. The van der Waals surface area contributed by atoms with Crippen molar-refractivity contribution in [1.29, 1.82) is 0 Å². The monoisotopic (exact) mass is 251 g/mol. The number of ether oxygens (including phenoxy) is 2. The first-order valence-corrected chi connectivity index (χ1v) is 5.77. The maximum Gasteiger partial charge on any atom is 0.252 e. The smallest absolute Gasteiger partial charge is 0.252 e. The lowest BCUT2D eigenvalue weighted by Gasteiger charge is -2.27. The van der Waals surface area contributed by atoms with E-state index < -0.39 is 0 Å². The van der Waals surface area contributed by atoms with Gasteiger partial charge in [-0.15, -0.1) is 0 Å². The standard InChI is InChI=1S/C13H17NO4/c1-14(17-3)13(15)10-6-9-7-11(16-2)4-5-12(9)18-8-10/h4-5,7,10H,6,8H2,1-3H3. The van der Waals surface area contributed by atoms with Crippen LogP contribution in [0.25, 0.3) is 0 Å². The molecule has 1 aromatic carbocycles. The van der Waals surface area contributed by atoms with Crippen molar-refractivity contribution in [3.8, 4) is 11.5 Å². The van der Waals surface area contributed by atoms with E-state index >= 15 is 0 Å². The van der Waals surface area contributed by atoms with Gasteiger partial charge in [0.05, 0.1) is 20.1 Å². The zero-order valence-corrected chi connectivity index (χ0v) is 10.8. The third-order valence-electron chi connectivity index (χ3n) is 3.11. The van der Waals surface area contributed by atoms with Gasteiger partial charge in [-0.25, -0.2) is 5.06 Å². The summed E-state index contributed by atoms with van der Waals surface area (Å²) in [4.78, 5) is 16.9. The fourth-order valence-electron chi connectivity index (χ4n) is 2.00. The Bertz CT molecular complexity index is 447. The largest absolute Gasteiger partial charge is 0.497 e. The van der Waals surface area contributed by atoms with Gasteiger partial charge < -0.3 is 9.47 Å². The summed E-state index contributed by atoms with van der Waals surface area (Å²) < 4.78 is 10.8. The molecule has 2 rings (SSSR count). The molecule has 1 aliphatic rings. The van der Waals surface area contributed by atoms with Gasteiger partial charge in [0.25, 0.3) is 5.91 Å². The summed E-state index contributed by atoms with van der Waals surface area (Å²) in [6, 6.07) is 5.62. The van der Waals surface area contributed by atoms with Crippen LogP contribution in [-0.2, 0) is 16.1 Å². The molecule has 1 heterocycles. The van der Waals surface area contributed by atoms with E-state index in [0.717, 1.165) is 17.1 Å². The number of nitrogens with zero attached hydrogens (tertiary/aromatic N) is 1. The Kier molecular flexibility index (Phi) is 3.72. The van der Waals surface area contributed by atoms with Crippen LogP contribution in [0.5, 0.6) is 11.5 Å². The summed E-state index contributed by atoms with van der Waals surface area (Å²) in [7, 11) is 4.69. The predicted molar refractivity (Wildman–Crippen MR) is 65.5 cm³/mol. The van der Waals surface area contributed by atoms with E-state index in [1.807, 2.05) is 18.2 Å². The zero-order valence-electron chi connectivity index (χ0n) is 10.8. The van der Waals surface area contributed by atoms with Crippen LogP contribution >= 0.6 is 0 Å². The molecule has 18 heavy (non-hydrogen) atoms. The Hall–Kier alpha value is -1.75. The molecule has 98 valence electrons.